The summed E-state index contributed by atoms with van der Waals surface area (Å²) in [6, 6.07) is 5.40. The number of Topliss-reactive ketones (excluding diaryl/α,β-unsaturated/α-hetero) is 1. The first-order chi connectivity index (χ1) is 15.2. The van der Waals surface area contributed by atoms with E-state index in [1.165, 1.54) is 24.9 Å². The SMILES string of the molecule is COC(=O)CC1=C(C(=O)O)C2C(=O)C(NC(=O)c3cc4cc(Br)ccc4oc3=O)C2SC1. The van der Waals surface area contributed by atoms with Crippen LogP contribution in [0.25, 0.3) is 11.0 Å². The Morgan fingerprint density at radius 1 is 1.28 bits per heavy atom. The number of thioether (sulfide) groups is 1. The van der Waals surface area contributed by atoms with Crippen molar-refractivity contribution in [1.29, 1.82) is 0 Å². The maximum Gasteiger partial charge on any atom is 0.349 e. The zero-order chi connectivity index (χ0) is 23.2. The molecule has 11 heteroatoms. The van der Waals surface area contributed by atoms with Gasteiger partial charge in [0.2, 0.25) is 0 Å². The molecule has 2 N–H and O–H groups in total. The number of rotatable bonds is 5. The Balaban J connectivity index is 1.57. The largest absolute Gasteiger partial charge is 0.478 e. The van der Waals surface area contributed by atoms with E-state index in [1.807, 2.05) is 0 Å². The van der Waals surface area contributed by atoms with E-state index in [2.05, 4.69) is 26.0 Å². The second-order valence-corrected chi connectivity index (χ2v) is 9.39. The van der Waals surface area contributed by atoms with Crippen LogP contribution in [-0.4, -0.2) is 52.9 Å². The highest BCUT2D eigenvalue weighted by atomic mass is 79.9. The number of carbonyl (C=O) groups is 4. The number of methoxy groups -OCH3 is 1. The van der Waals surface area contributed by atoms with Gasteiger partial charge < -0.3 is 19.6 Å². The van der Waals surface area contributed by atoms with Gasteiger partial charge >= 0.3 is 17.6 Å². The molecule has 1 aliphatic carbocycles. The molecule has 1 aromatic carbocycles. The molecule has 1 fully saturated rings. The van der Waals surface area contributed by atoms with Gasteiger partial charge in [-0.2, -0.15) is 11.8 Å². The number of nitrogens with one attached hydrogen (secondary N) is 1. The van der Waals surface area contributed by atoms with Crippen molar-refractivity contribution in [3.05, 3.63) is 55.9 Å². The highest BCUT2D eigenvalue weighted by Gasteiger charge is 2.56. The number of hydrogen-bond acceptors (Lipinski definition) is 8. The molecular weight excluding hydrogens is 506 g/mol. The summed E-state index contributed by atoms with van der Waals surface area (Å²) in [4.78, 5) is 61.2. The lowest BCUT2D eigenvalue weighted by atomic mass is 9.71. The first kappa shape index (κ1) is 22.3. The molecule has 9 nitrogen and oxygen atoms in total. The number of carboxylic acid groups (broad SMARTS) is 1. The summed E-state index contributed by atoms with van der Waals surface area (Å²) in [7, 11) is 1.20. The lowest BCUT2D eigenvalue weighted by Crippen LogP contribution is -2.65. The van der Waals surface area contributed by atoms with Gasteiger partial charge in [-0.3, -0.25) is 14.4 Å². The predicted octanol–water partition coefficient (Wildman–Crippen LogP) is 1.91. The number of fused-ring (bicyclic) bond motifs is 2. The average molecular weight is 522 g/mol. The standard InChI is InChI=1S/C21H16BrNO8S/c1-30-13(24)6-9-7-32-18-15(14(9)20(27)28)17(25)16(18)23-19(26)11-5-8-4-10(22)2-3-12(8)31-21(11)29/h2-5,15-16,18H,6-7H2,1H3,(H,23,26)(H,27,28). The van der Waals surface area contributed by atoms with Gasteiger partial charge in [0.15, 0.2) is 5.78 Å². The van der Waals surface area contributed by atoms with Crippen LogP contribution in [0.4, 0.5) is 0 Å². The van der Waals surface area contributed by atoms with E-state index in [0.29, 0.717) is 16.5 Å². The molecule has 1 saturated carbocycles. The molecule has 0 saturated heterocycles. The van der Waals surface area contributed by atoms with E-state index >= 15 is 0 Å². The molecule has 2 heterocycles. The van der Waals surface area contributed by atoms with Crippen LogP contribution < -0.4 is 10.9 Å². The second kappa shape index (κ2) is 8.55. The molecule has 0 spiro atoms. The highest BCUT2D eigenvalue weighted by Crippen LogP contribution is 2.46. The summed E-state index contributed by atoms with van der Waals surface area (Å²) < 4.78 is 10.5. The van der Waals surface area contributed by atoms with Gasteiger partial charge in [-0.1, -0.05) is 15.9 Å². The maximum absolute atomic E-state index is 12.8. The van der Waals surface area contributed by atoms with Crippen molar-refractivity contribution in [2.75, 3.05) is 12.9 Å². The van der Waals surface area contributed by atoms with E-state index in [1.54, 1.807) is 18.2 Å². The number of ether oxygens (including phenoxy) is 1. The molecule has 1 aliphatic heterocycles. The van der Waals surface area contributed by atoms with Crippen molar-refractivity contribution in [1.82, 2.24) is 5.32 Å². The van der Waals surface area contributed by atoms with Crippen LogP contribution in [0.1, 0.15) is 16.8 Å². The zero-order valence-corrected chi connectivity index (χ0v) is 18.9. The molecule has 0 radical (unpaired) electrons. The van der Waals surface area contributed by atoms with Crippen LogP contribution in [0.2, 0.25) is 0 Å². The fraction of sp³-hybridized carbons (Fsp3) is 0.286. The Bertz CT molecular complexity index is 1270. The van der Waals surface area contributed by atoms with Crippen molar-refractivity contribution >= 4 is 62.3 Å². The second-order valence-electron chi connectivity index (χ2n) is 7.31. The van der Waals surface area contributed by atoms with Crippen molar-refractivity contribution in [3.63, 3.8) is 0 Å². The Labute approximate surface area is 193 Å². The van der Waals surface area contributed by atoms with Gasteiger partial charge in [-0.15, -0.1) is 0 Å². The van der Waals surface area contributed by atoms with Crippen LogP contribution in [-0.2, 0) is 19.1 Å². The van der Waals surface area contributed by atoms with Gasteiger partial charge in [0.05, 0.1) is 19.4 Å². The number of benzene rings is 1. The zero-order valence-electron chi connectivity index (χ0n) is 16.5. The fourth-order valence-electron chi connectivity index (χ4n) is 3.89. The number of carbonyl (C=O) groups excluding carboxylic acids is 3. The first-order valence-electron chi connectivity index (χ1n) is 9.43. The summed E-state index contributed by atoms with van der Waals surface area (Å²) >= 11 is 4.59. The topological polar surface area (TPSA) is 140 Å². The quantitative estimate of drug-likeness (QED) is 0.445. The minimum atomic E-state index is -1.28. The van der Waals surface area contributed by atoms with E-state index < -0.39 is 46.5 Å². The summed E-state index contributed by atoms with van der Waals surface area (Å²) in [5.41, 5.74) is -0.581. The third-order valence-corrected chi connectivity index (χ3v) is 7.39. The van der Waals surface area contributed by atoms with Crippen LogP contribution in [0, 0.1) is 5.92 Å². The molecule has 166 valence electrons. The summed E-state index contributed by atoms with van der Waals surface area (Å²) in [5, 5.41) is 12.2. The number of aliphatic carboxylic acids is 1. The van der Waals surface area contributed by atoms with Crippen LogP contribution in [0.5, 0.6) is 0 Å². The number of halogens is 1. The molecule has 1 amide bonds. The summed E-state index contributed by atoms with van der Waals surface area (Å²) in [6.45, 7) is 0. The van der Waals surface area contributed by atoms with Crippen molar-refractivity contribution in [3.8, 4) is 0 Å². The fourth-order valence-corrected chi connectivity index (χ4v) is 5.77. The molecule has 1 aromatic heterocycles. The lowest BCUT2D eigenvalue weighted by Gasteiger charge is -2.46. The van der Waals surface area contributed by atoms with Crippen molar-refractivity contribution < 1.29 is 33.4 Å². The van der Waals surface area contributed by atoms with Gasteiger partial charge in [0.1, 0.15) is 17.2 Å². The molecule has 4 rings (SSSR count). The van der Waals surface area contributed by atoms with Gasteiger partial charge in [0.25, 0.3) is 5.91 Å². The maximum atomic E-state index is 12.8. The number of carboxylic acids is 1. The lowest BCUT2D eigenvalue weighted by molar-refractivity contribution is -0.140. The predicted molar refractivity (Wildman–Crippen MR) is 117 cm³/mol. The Morgan fingerprint density at radius 2 is 2.03 bits per heavy atom. The summed E-state index contributed by atoms with van der Waals surface area (Å²) in [6.07, 6.45) is -0.216. The average Bonchev–Trinajstić information content (AvgIpc) is 2.76. The first-order valence-corrected chi connectivity index (χ1v) is 11.3. The van der Waals surface area contributed by atoms with Gasteiger partial charge in [-0.05, 0) is 29.8 Å². The van der Waals surface area contributed by atoms with E-state index in [-0.39, 0.29) is 23.3 Å². The smallest absolute Gasteiger partial charge is 0.349 e. The van der Waals surface area contributed by atoms with E-state index in [9.17, 15) is 29.1 Å². The molecule has 32 heavy (non-hydrogen) atoms. The van der Waals surface area contributed by atoms with E-state index in [4.69, 9.17) is 4.42 Å². The number of ketones is 1. The minimum Gasteiger partial charge on any atom is -0.478 e. The Morgan fingerprint density at radius 3 is 2.72 bits per heavy atom. The third-order valence-electron chi connectivity index (χ3n) is 5.45. The Kier molecular flexibility index (Phi) is 5.95. The van der Waals surface area contributed by atoms with Crippen molar-refractivity contribution in [2.45, 2.75) is 17.7 Å². The van der Waals surface area contributed by atoms with Crippen LogP contribution in [0.15, 0.2) is 49.1 Å². The van der Waals surface area contributed by atoms with Gasteiger partial charge in [0, 0.05) is 26.4 Å². The highest BCUT2D eigenvalue weighted by molar-refractivity contribution is 9.10. The summed E-state index contributed by atoms with van der Waals surface area (Å²) in [5.74, 6) is -3.87. The van der Waals surface area contributed by atoms with Crippen LogP contribution in [0.3, 0.4) is 0 Å². The minimum absolute atomic E-state index is 0.121. The molecule has 3 unspecified atom stereocenters. The molecule has 2 aliphatic rings. The molecular formula is C21H16BrNO8S. The Hall–Kier alpha value is -2.92. The molecule has 0 bridgehead atoms. The van der Waals surface area contributed by atoms with E-state index in [0.717, 1.165) is 4.47 Å². The van der Waals surface area contributed by atoms with Crippen molar-refractivity contribution in [2.24, 2.45) is 5.92 Å². The van der Waals surface area contributed by atoms with Crippen LogP contribution >= 0.6 is 27.7 Å². The number of amides is 1. The molecule has 3 atom stereocenters. The third kappa shape index (κ3) is 3.86. The normalized spacial score (nSPS) is 22.2. The monoisotopic (exact) mass is 521 g/mol. The number of esters is 1. The van der Waals surface area contributed by atoms with Gasteiger partial charge in [-0.25, -0.2) is 9.59 Å². The molecule has 2 aromatic rings. The number of hydrogen-bond donors (Lipinski definition) is 2.